The normalized spacial score (nSPS) is 29.2. The number of carboxylic acid groups (broad SMARTS) is 2. The first-order chi connectivity index (χ1) is 15.1. The van der Waals surface area contributed by atoms with Crippen molar-refractivity contribution in [2.75, 3.05) is 26.7 Å². The summed E-state index contributed by atoms with van der Waals surface area (Å²) in [4.78, 5) is 60.2. The van der Waals surface area contributed by atoms with E-state index in [1.165, 1.54) is 0 Å². The van der Waals surface area contributed by atoms with Gasteiger partial charge in [0.2, 0.25) is 0 Å². The monoisotopic (exact) mass is 452 g/mol. The molecule has 4 unspecified atom stereocenters. The van der Waals surface area contributed by atoms with Gasteiger partial charge in [0, 0.05) is 0 Å². The fraction of sp³-hybridized carbons (Fsp3) is 0.800. The summed E-state index contributed by atoms with van der Waals surface area (Å²) in [5.41, 5.74) is 0. The molecule has 0 bridgehead atoms. The van der Waals surface area contributed by atoms with Crippen LogP contribution in [-0.4, -0.2) is 115 Å². The van der Waals surface area contributed by atoms with Crippen molar-refractivity contribution in [2.24, 2.45) is 11.8 Å². The van der Waals surface area contributed by atoms with E-state index in [0.717, 1.165) is 0 Å². The van der Waals surface area contributed by atoms with E-state index in [1.54, 1.807) is 29.4 Å². The first kappa shape index (κ1) is 22.6. The highest BCUT2D eigenvalue weighted by Gasteiger charge is 2.64. The lowest BCUT2D eigenvalue weighted by atomic mass is 9.98. The Morgan fingerprint density at radius 2 is 1.03 bits per heavy atom. The number of carbonyl (C=O) groups excluding carboxylic acids is 2. The molecule has 12 nitrogen and oxygen atoms in total. The molecular formula is C20H32N6O6. The lowest BCUT2D eigenvalue weighted by Crippen LogP contribution is -2.65. The van der Waals surface area contributed by atoms with Crippen LogP contribution in [0.5, 0.6) is 0 Å². The molecule has 0 spiro atoms. The van der Waals surface area contributed by atoms with Crippen LogP contribution in [0.2, 0.25) is 0 Å². The van der Waals surface area contributed by atoms with Gasteiger partial charge in [-0.1, -0.05) is 40.5 Å². The van der Waals surface area contributed by atoms with Gasteiger partial charge in [-0.2, -0.15) is 0 Å². The molecule has 0 aromatic carbocycles. The highest BCUT2D eigenvalue weighted by atomic mass is 16.4. The van der Waals surface area contributed by atoms with E-state index in [1.807, 2.05) is 27.7 Å². The molecule has 4 rings (SSSR count). The molecule has 4 amide bonds. The van der Waals surface area contributed by atoms with Crippen molar-refractivity contribution in [2.45, 2.75) is 65.0 Å². The van der Waals surface area contributed by atoms with Gasteiger partial charge in [0.25, 0.3) is 0 Å². The van der Waals surface area contributed by atoms with Crippen LogP contribution in [-0.2, 0) is 9.59 Å². The Kier molecular flexibility index (Phi) is 5.70. The van der Waals surface area contributed by atoms with Gasteiger partial charge >= 0.3 is 24.0 Å². The number of carbonyl (C=O) groups is 4. The molecule has 0 aromatic heterocycles. The Bertz CT molecular complexity index is 726. The van der Waals surface area contributed by atoms with Gasteiger partial charge in [-0.05, 0) is 11.8 Å². The number of aliphatic carboxylic acids is 2. The number of hydrogen-bond donors (Lipinski definition) is 2. The van der Waals surface area contributed by atoms with Crippen molar-refractivity contribution in [3.05, 3.63) is 0 Å². The minimum absolute atomic E-state index is 0.114. The summed E-state index contributed by atoms with van der Waals surface area (Å²) in [5.74, 6) is -2.26. The molecule has 4 fully saturated rings. The van der Waals surface area contributed by atoms with E-state index in [-0.39, 0.29) is 50.6 Å². The summed E-state index contributed by atoms with van der Waals surface area (Å²) in [7, 11) is 0. The van der Waals surface area contributed by atoms with E-state index < -0.39 is 36.4 Å². The Morgan fingerprint density at radius 3 is 1.25 bits per heavy atom. The van der Waals surface area contributed by atoms with Crippen LogP contribution in [0.15, 0.2) is 0 Å². The van der Waals surface area contributed by atoms with Crippen LogP contribution in [0, 0.1) is 11.8 Å². The predicted octanol–water partition coefficient (Wildman–Crippen LogP) is 0.574. The highest BCUT2D eigenvalue weighted by molar-refractivity contribution is 5.86. The van der Waals surface area contributed by atoms with Crippen molar-refractivity contribution in [1.82, 2.24) is 29.4 Å². The molecule has 178 valence electrons. The molecule has 4 aliphatic rings. The first-order valence-corrected chi connectivity index (χ1v) is 11.2. The summed E-state index contributed by atoms with van der Waals surface area (Å²) < 4.78 is 0. The van der Waals surface area contributed by atoms with Gasteiger partial charge in [0.1, 0.15) is 12.1 Å². The maximum atomic E-state index is 13.3. The summed E-state index contributed by atoms with van der Waals surface area (Å²) in [6.45, 7) is 7.99. The molecule has 12 heteroatoms. The maximum absolute atomic E-state index is 13.3. The van der Waals surface area contributed by atoms with Gasteiger partial charge in [-0.3, -0.25) is 39.0 Å². The average Bonchev–Trinajstić information content (AvgIpc) is 3.19. The second-order valence-corrected chi connectivity index (χ2v) is 9.35. The molecule has 4 aliphatic heterocycles. The van der Waals surface area contributed by atoms with E-state index in [2.05, 4.69) is 0 Å². The zero-order valence-corrected chi connectivity index (χ0v) is 18.9. The zero-order valence-electron chi connectivity index (χ0n) is 18.9. The number of amides is 4. The largest absolute Gasteiger partial charge is 0.480 e. The topological polar surface area (TPSA) is 128 Å². The van der Waals surface area contributed by atoms with Crippen LogP contribution in [0.1, 0.15) is 40.5 Å². The van der Waals surface area contributed by atoms with Gasteiger partial charge in [-0.15, -0.1) is 0 Å². The number of hydrogen-bond acceptors (Lipinski definition) is 6. The fourth-order valence-electron chi connectivity index (χ4n) is 5.53. The van der Waals surface area contributed by atoms with Crippen LogP contribution in [0.3, 0.4) is 0 Å². The van der Waals surface area contributed by atoms with Crippen LogP contribution in [0.4, 0.5) is 9.59 Å². The Hall–Kier alpha value is -2.60. The van der Waals surface area contributed by atoms with E-state index >= 15 is 0 Å². The molecule has 32 heavy (non-hydrogen) atoms. The van der Waals surface area contributed by atoms with Crippen molar-refractivity contribution < 1.29 is 29.4 Å². The quantitative estimate of drug-likeness (QED) is 0.547. The van der Waals surface area contributed by atoms with Gasteiger partial charge in [0.15, 0.2) is 12.3 Å². The molecule has 0 saturated carbocycles. The second kappa shape index (κ2) is 8.07. The van der Waals surface area contributed by atoms with Crippen molar-refractivity contribution in [1.29, 1.82) is 0 Å². The fourth-order valence-corrected chi connectivity index (χ4v) is 5.53. The number of carboxylic acids is 2. The summed E-state index contributed by atoms with van der Waals surface area (Å²) >= 11 is 0. The van der Waals surface area contributed by atoms with Crippen molar-refractivity contribution >= 4 is 24.0 Å². The SMILES string of the molecule is CCC(C)C(C(=O)O)N1CN2C(=O)N3CN(C(C(=O)O)C(C)CC)CN4C(=O)N(C1)C2C34. The van der Waals surface area contributed by atoms with Crippen LogP contribution >= 0.6 is 0 Å². The van der Waals surface area contributed by atoms with Crippen molar-refractivity contribution in [3.63, 3.8) is 0 Å². The third kappa shape index (κ3) is 3.19. The Balaban J connectivity index is 1.64. The van der Waals surface area contributed by atoms with Gasteiger partial charge < -0.3 is 10.2 Å². The average molecular weight is 453 g/mol. The number of rotatable bonds is 8. The zero-order chi connectivity index (χ0) is 23.5. The first-order valence-electron chi connectivity index (χ1n) is 11.2. The van der Waals surface area contributed by atoms with Crippen LogP contribution < -0.4 is 0 Å². The standard InChI is InChI=1S/C20H32N6O6/c1-5-11(3)13(17(27)28)21-7-23-15-16-25(19(23)31)9-22(14(18(29)30)12(4)6-2)10-26(16)20(32)24(15)8-21/h11-16H,5-10H2,1-4H3,(H,27,28)(H,29,30). The smallest absolute Gasteiger partial charge is 0.325 e. The summed E-state index contributed by atoms with van der Waals surface area (Å²) in [6.07, 6.45) is 0.319. The van der Waals surface area contributed by atoms with E-state index in [9.17, 15) is 29.4 Å². The Labute approximate surface area is 186 Å². The van der Waals surface area contributed by atoms with Gasteiger partial charge in [-0.25, -0.2) is 9.59 Å². The minimum atomic E-state index is -0.975. The minimum Gasteiger partial charge on any atom is -0.480 e. The van der Waals surface area contributed by atoms with E-state index in [0.29, 0.717) is 12.8 Å². The lowest BCUT2D eigenvalue weighted by Gasteiger charge is -2.45. The summed E-state index contributed by atoms with van der Waals surface area (Å²) in [6, 6.07) is -2.24. The molecule has 4 atom stereocenters. The van der Waals surface area contributed by atoms with E-state index in [4.69, 9.17) is 0 Å². The Morgan fingerprint density at radius 1 is 0.750 bits per heavy atom. The third-order valence-electron chi connectivity index (χ3n) is 7.52. The number of urea groups is 2. The third-order valence-corrected chi connectivity index (χ3v) is 7.52. The van der Waals surface area contributed by atoms with Crippen molar-refractivity contribution in [3.8, 4) is 0 Å². The number of nitrogens with zero attached hydrogens (tertiary/aromatic N) is 6. The molecule has 0 aromatic rings. The molecule has 0 aliphatic carbocycles. The molecule has 4 saturated heterocycles. The molecule has 4 heterocycles. The molecule has 0 radical (unpaired) electrons. The van der Waals surface area contributed by atoms with Crippen LogP contribution in [0.25, 0.3) is 0 Å². The second-order valence-electron chi connectivity index (χ2n) is 9.35. The lowest BCUT2D eigenvalue weighted by molar-refractivity contribution is -0.152. The molecular weight excluding hydrogens is 420 g/mol. The summed E-state index contributed by atoms with van der Waals surface area (Å²) in [5, 5.41) is 19.6. The maximum Gasteiger partial charge on any atom is 0.325 e. The van der Waals surface area contributed by atoms with Gasteiger partial charge in [0.05, 0.1) is 26.7 Å². The highest BCUT2D eigenvalue weighted by Crippen LogP contribution is 2.41. The predicted molar refractivity (Wildman–Crippen MR) is 111 cm³/mol. The molecule has 2 N–H and O–H groups in total.